The maximum absolute atomic E-state index is 10.7. The molecule has 0 radical (unpaired) electrons. The molecule has 0 amide bonds. The highest BCUT2D eigenvalue weighted by Gasteiger charge is 2.19. The lowest BCUT2D eigenvalue weighted by Gasteiger charge is -2.26. The third-order valence-electron chi connectivity index (χ3n) is 3.03. The zero-order chi connectivity index (χ0) is 12.3. The van der Waals surface area contributed by atoms with Gasteiger partial charge in [0, 0.05) is 0 Å². The standard InChI is InChI=1S/C13H17NO3/c14-12(13(15)16)8-9-3-1-6-11(7-9)17-10-4-2-5-10/h1,3,6-7,10,12H,2,4-5,8,14H2,(H,15,16). The number of aliphatic carboxylic acids is 1. The molecule has 0 bridgehead atoms. The lowest BCUT2D eigenvalue weighted by molar-refractivity contribution is -0.138. The monoisotopic (exact) mass is 235 g/mol. The largest absolute Gasteiger partial charge is 0.490 e. The highest BCUT2D eigenvalue weighted by atomic mass is 16.5. The first-order valence-corrected chi connectivity index (χ1v) is 5.89. The van der Waals surface area contributed by atoms with Gasteiger partial charge in [-0.05, 0) is 43.4 Å². The molecule has 17 heavy (non-hydrogen) atoms. The summed E-state index contributed by atoms with van der Waals surface area (Å²) in [5.74, 6) is -0.167. The van der Waals surface area contributed by atoms with Crippen molar-refractivity contribution in [3.63, 3.8) is 0 Å². The number of carboxylic acid groups (broad SMARTS) is 1. The van der Waals surface area contributed by atoms with E-state index in [1.165, 1.54) is 6.42 Å². The number of carbonyl (C=O) groups is 1. The summed E-state index contributed by atoms with van der Waals surface area (Å²) in [6, 6.07) is 6.66. The van der Waals surface area contributed by atoms with E-state index in [0.717, 1.165) is 24.2 Å². The van der Waals surface area contributed by atoms with Crippen molar-refractivity contribution in [1.82, 2.24) is 0 Å². The van der Waals surface area contributed by atoms with Crippen LogP contribution in [0.1, 0.15) is 24.8 Å². The Labute approximate surface area is 100 Å². The lowest BCUT2D eigenvalue weighted by atomic mass is 9.96. The maximum Gasteiger partial charge on any atom is 0.320 e. The summed E-state index contributed by atoms with van der Waals surface area (Å²) in [6.45, 7) is 0. The maximum atomic E-state index is 10.7. The molecule has 0 aromatic heterocycles. The number of rotatable bonds is 5. The number of hydrogen-bond donors (Lipinski definition) is 2. The Morgan fingerprint density at radius 2 is 2.29 bits per heavy atom. The molecule has 4 nitrogen and oxygen atoms in total. The first-order chi connectivity index (χ1) is 8.15. The van der Waals surface area contributed by atoms with E-state index >= 15 is 0 Å². The van der Waals surface area contributed by atoms with Gasteiger partial charge in [0.1, 0.15) is 11.8 Å². The quantitative estimate of drug-likeness (QED) is 0.812. The van der Waals surface area contributed by atoms with Crippen LogP contribution in [0.4, 0.5) is 0 Å². The fraction of sp³-hybridized carbons (Fsp3) is 0.462. The van der Waals surface area contributed by atoms with Gasteiger partial charge in [-0.3, -0.25) is 4.79 Å². The van der Waals surface area contributed by atoms with Gasteiger partial charge in [0.05, 0.1) is 6.10 Å². The molecule has 1 aliphatic carbocycles. The van der Waals surface area contributed by atoms with Crippen molar-refractivity contribution in [3.05, 3.63) is 29.8 Å². The minimum atomic E-state index is -0.977. The third kappa shape index (κ3) is 3.20. The molecule has 0 spiro atoms. The molecule has 2 rings (SSSR count). The minimum Gasteiger partial charge on any atom is -0.490 e. The van der Waals surface area contributed by atoms with E-state index in [0.29, 0.717) is 12.5 Å². The number of hydrogen-bond acceptors (Lipinski definition) is 3. The Balaban J connectivity index is 1.97. The minimum absolute atomic E-state index is 0.331. The third-order valence-corrected chi connectivity index (χ3v) is 3.03. The van der Waals surface area contributed by atoms with Crippen molar-refractivity contribution in [1.29, 1.82) is 0 Å². The summed E-state index contributed by atoms with van der Waals surface area (Å²) in [7, 11) is 0. The van der Waals surface area contributed by atoms with Gasteiger partial charge in [0.2, 0.25) is 0 Å². The van der Waals surface area contributed by atoms with Crippen molar-refractivity contribution in [3.8, 4) is 5.75 Å². The summed E-state index contributed by atoms with van der Waals surface area (Å²) in [5, 5.41) is 8.75. The van der Waals surface area contributed by atoms with Crippen LogP contribution in [0, 0.1) is 0 Å². The molecule has 0 saturated heterocycles. The second-order valence-electron chi connectivity index (χ2n) is 4.47. The summed E-state index contributed by atoms with van der Waals surface area (Å²) >= 11 is 0. The van der Waals surface area contributed by atoms with Crippen LogP contribution in [0.15, 0.2) is 24.3 Å². The zero-order valence-electron chi connectivity index (χ0n) is 9.63. The number of carboxylic acids is 1. The van der Waals surface area contributed by atoms with Gasteiger partial charge in [-0.25, -0.2) is 0 Å². The van der Waals surface area contributed by atoms with Gasteiger partial charge in [-0.2, -0.15) is 0 Å². The van der Waals surface area contributed by atoms with E-state index < -0.39 is 12.0 Å². The second-order valence-corrected chi connectivity index (χ2v) is 4.47. The Bertz CT molecular complexity index is 401. The number of ether oxygens (including phenoxy) is 1. The molecule has 4 heteroatoms. The Kier molecular flexibility index (Phi) is 3.64. The highest BCUT2D eigenvalue weighted by Crippen LogP contribution is 2.25. The Morgan fingerprint density at radius 1 is 1.53 bits per heavy atom. The molecule has 1 atom stereocenters. The smallest absolute Gasteiger partial charge is 0.320 e. The summed E-state index contributed by atoms with van der Waals surface area (Å²) in [6.07, 6.45) is 4.11. The van der Waals surface area contributed by atoms with Crippen molar-refractivity contribution < 1.29 is 14.6 Å². The van der Waals surface area contributed by atoms with Gasteiger partial charge in [0.25, 0.3) is 0 Å². The van der Waals surface area contributed by atoms with Gasteiger partial charge < -0.3 is 15.6 Å². The predicted molar refractivity (Wildman–Crippen MR) is 64.0 cm³/mol. The first kappa shape index (κ1) is 11.9. The molecule has 3 N–H and O–H groups in total. The predicted octanol–water partition coefficient (Wildman–Crippen LogP) is 1.57. The van der Waals surface area contributed by atoms with E-state index in [9.17, 15) is 4.79 Å². The molecular weight excluding hydrogens is 218 g/mol. The zero-order valence-corrected chi connectivity index (χ0v) is 9.63. The van der Waals surface area contributed by atoms with Crippen molar-refractivity contribution >= 4 is 5.97 Å². The summed E-state index contributed by atoms with van der Waals surface area (Å²) in [5.41, 5.74) is 6.40. The van der Waals surface area contributed by atoms with E-state index in [4.69, 9.17) is 15.6 Å². The summed E-state index contributed by atoms with van der Waals surface area (Å²) in [4.78, 5) is 10.7. The average Bonchev–Trinajstić information content (AvgIpc) is 2.24. The van der Waals surface area contributed by atoms with Gasteiger partial charge in [0.15, 0.2) is 0 Å². The topological polar surface area (TPSA) is 72.5 Å². The van der Waals surface area contributed by atoms with Gasteiger partial charge in [-0.1, -0.05) is 12.1 Å². The molecule has 92 valence electrons. The molecule has 1 fully saturated rings. The molecule has 1 aromatic carbocycles. The molecule has 1 unspecified atom stereocenters. The van der Waals surface area contributed by atoms with Crippen molar-refractivity contribution in [2.75, 3.05) is 0 Å². The van der Waals surface area contributed by atoms with E-state index in [1.54, 1.807) is 0 Å². The first-order valence-electron chi connectivity index (χ1n) is 5.89. The van der Waals surface area contributed by atoms with Crippen LogP contribution in [0.3, 0.4) is 0 Å². The molecule has 0 aliphatic heterocycles. The fourth-order valence-corrected chi connectivity index (χ4v) is 1.77. The highest BCUT2D eigenvalue weighted by molar-refractivity contribution is 5.73. The molecular formula is C13H17NO3. The Morgan fingerprint density at radius 3 is 2.88 bits per heavy atom. The second kappa shape index (κ2) is 5.19. The van der Waals surface area contributed by atoms with Crippen molar-refractivity contribution in [2.45, 2.75) is 37.8 Å². The SMILES string of the molecule is NC(Cc1cccc(OC2CCC2)c1)C(=O)O. The van der Waals surface area contributed by atoms with E-state index in [1.807, 2.05) is 24.3 Å². The molecule has 1 saturated carbocycles. The normalized spacial score (nSPS) is 17.2. The Hall–Kier alpha value is -1.55. The molecule has 1 aromatic rings. The van der Waals surface area contributed by atoms with Gasteiger partial charge >= 0.3 is 5.97 Å². The van der Waals surface area contributed by atoms with Crippen LogP contribution in [-0.2, 0) is 11.2 Å². The van der Waals surface area contributed by atoms with Crippen molar-refractivity contribution in [2.24, 2.45) is 5.73 Å². The van der Waals surface area contributed by atoms with Crippen LogP contribution in [-0.4, -0.2) is 23.2 Å². The fourth-order valence-electron chi connectivity index (χ4n) is 1.77. The molecule has 0 heterocycles. The average molecular weight is 235 g/mol. The molecule has 1 aliphatic rings. The van der Waals surface area contributed by atoms with Crippen LogP contribution in [0.25, 0.3) is 0 Å². The van der Waals surface area contributed by atoms with Gasteiger partial charge in [-0.15, -0.1) is 0 Å². The van der Waals surface area contributed by atoms with Crippen LogP contribution >= 0.6 is 0 Å². The number of nitrogens with two attached hydrogens (primary N) is 1. The van der Waals surface area contributed by atoms with Crippen LogP contribution in [0.2, 0.25) is 0 Å². The van der Waals surface area contributed by atoms with E-state index in [-0.39, 0.29) is 0 Å². The summed E-state index contributed by atoms with van der Waals surface area (Å²) < 4.78 is 5.74. The van der Waals surface area contributed by atoms with Crippen LogP contribution in [0.5, 0.6) is 5.75 Å². The van der Waals surface area contributed by atoms with E-state index in [2.05, 4.69) is 0 Å². The number of benzene rings is 1. The lowest BCUT2D eigenvalue weighted by Crippen LogP contribution is -2.32. The van der Waals surface area contributed by atoms with Crippen LogP contribution < -0.4 is 10.5 Å².